The van der Waals surface area contributed by atoms with Gasteiger partial charge >= 0.3 is 18.7 Å². The van der Waals surface area contributed by atoms with Crippen molar-refractivity contribution >= 4 is 5.91 Å². The van der Waals surface area contributed by atoms with Gasteiger partial charge in [-0.3, -0.25) is 4.79 Å². The molecule has 0 heterocycles. The highest BCUT2D eigenvalue weighted by atomic mass is 19.4. The number of aliphatic hydroxyl groups is 1. The molecule has 0 aromatic heterocycles. The van der Waals surface area contributed by atoms with Crippen LogP contribution in [-0.2, 0) is 18.1 Å². The van der Waals surface area contributed by atoms with Crippen LogP contribution in [-0.4, -0.2) is 36.3 Å². The predicted octanol–water partition coefficient (Wildman–Crippen LogP) is 8.04. The lowest BCUT2D eigenvalue weighted by atomic mass is 9.77. The monoisotopic (exact) mass is 689 g/mol. The first-order chi connectivity index (χ1) is 22.4. The van der Waals surface area contributed by atoms with Crippen molar-refractivity contribution in [2.45, 2.75) is 43.7 Å². The number of halogens is 10. The van der Waals surface area contributed by atoms with Gasteiger partial charge in [-0.2, -0.15) is 30.7 Å². The first-order valence-corrected chi connectivity index (χ1v) is 13.9. The number of benzene rings is 4. The maximum Gasteiger partial charge on any atom is 0.461 e. The summed E-state index contributed by atoms with van der Waals surface area (Å²) in [6, 6.07) is 13.7. The summed E-state index contributed by atoms with van der Waals surface area (Å²) in [5, 5.41) is 11.9. The van der Waals surface area contributed by atoms with Crippen LogP contribution in [0.5, 0.6) is 11.5 Å². The smallest absolute Gasteiger partial charge is 0.461 e. The molecule has 0 aliphatic heterocycles. The van der Waals surface area contributed by atoms with Gasteiger partial charge in [-0.15, -0.1) is 0 Å². The molecule has 4 rings (SSSR count). The van der Waals surface area contributed by atoms with Crippen molar-refractivity contribution in [3.8, 4) is 11.5 Å². The summed E-state index contributed by atoms with van der Waals surface area (Å²) < 4.78 is 148. The third-order valence-electron chi connectivity index (χ3n) is 7.05. The van der Waals surface area contributed by atoms with Crippen LogP contribution in [0.3, 0.4) is 0 Å². The summed E-state index contributed by atoms with van der Waals surface area (Å²) in [7, 11) is 0. The Balaban J connectivity index is 2.02. The molecule has 1 amide bonds. The summed E-state index contributed by atoms with van der Waals surface area (Å²) in [4.78, 5) is 13.8. The second-order valence-electron chi connectivity index (χ2n) is 10.6. The van der Waals surface area contributed by atoms with E-state index in [4.69, 9.17) is 4.74 Å². The van der Waals surface area contributed by atoms with Crippen molar-refractivity contribution in [1.82, 2.24) is 5.32 Å². The third-order valence-corrected chi connectivity index (χ3v) is 7.05. The van der Waals surface area contributed by atoms with Crippen LogP contribution in [0, 0.1) is 17.5 Å². The van der Waals surface area contributed by atoms with E-state index in [9.17, 15) is 49.4 Å². The van der Waals surface area contributed by atoms with E-state index >= 15 is 4.39 Å². The van der Waals surface area contributed by atoms with Crippen molar-refractivity contribution in [3.05, 3.63) is 130 Å². The van der Waals surface area contributed by atoms with E-state index in [1.54, 1.807) is 18.2 Å². The van der Waals surface area contributed by atoms with E-state index in [0.29, 0.717) is 29.8 Å². The molecule has 0 fully saturated rings. The Morgan fingerprint density at radius 1 is 0.833 bits per heavy atom. The second-order valence-corrected chi connectivity index (χ2v) is 10.6. The van der Waals surface area contributed by atoms with Crippen LogP contribution >= 0.6 is 0 Å². The number of hydrogen-bond donors (Lipinski definition) is 2. The minimum atomic E-state index is -5.22. The number of carbonyl (C=O) groups excluding carboxylic acids is 1. The maximum atomic E-state index is 15.1. The molecule has 0 aliphatic rings. The predicted molar refractivity (Wildman–Crippen MR) is 151 cm³/mol. The zero-order valence-corrected chi connectivity index (χ0v) is 24.6. The molecule has 0 aliphatic carbocycles. The van der Waals surface area contributed by atoms with E-state index in [0.717, 1.165) is 24.3 Å². The Bertz CT molecular complexity index is 1750. The SMILES string of the molecule is CC(CO)Oc1cc([C@@](Cc2ccccc2)(NC(=O)c2ccc(F)c(C(F)(F)F)c2)c2cc(F)cc(OC(F)(F)C(F)F)c2)ccc1F. The van der Waals surface area contributed by atoms with Gasteiger partial charge in [0.1, 0.15) is 23.5 Å². The van der Waals surface area contributed by atoms with Gasteiger partial charge < -0.3 is 19.9 Å². The van der Waals surface area contributed by atoms with Gasteiger partial charge in [0.25, 0.3) is 5.91 Å². The average molecular weight is 690 g/mol. The molecule has 2 N–H and O–H groups in total. The summed E-state index contributed by atoms with van der Waals surface area (Å²) in [6.07, 6.45) is -16.1. The molecule has 1 unspecified atom stereocenters. The summed E-state index contributed by atoms with van der Waals surface area (Å²) in [5.74, 6) is -6.97. The van der Waals surface area contributed by atoms with Gasteiger partial charge in [0, 0.05) is 18.1 Å². The molecule has 5 nitrogen and oxygen atoms in total. The Labute approximate surface area is 266 Å². The van der Waals surface area contributed by atoms with Crippen LogP contribution in [0.15, 0.2) is 84.9 Å². The number of nitrogens with one attached hydrogen (secondary N) is 1. The largest absolute Gasteiger partial charge is 0.485 e. The van der Waals surface area contributed by atoms with Crippen LogP contribution in [0.2, 0.25) is 0 Å². The summed E-state index contributed by atoms with van der Waals surface area (Å²) in [5.41, 5.74) is -5.07. The number of amides is 1. The number of carbonyl (C=O) groups is 1. The molecular formula is C33H25F10NO4. The molecule has 0 saturated carbocycles. The maximum absolute atomic E-state index is 15.1. The third kappa shape index (κ3) is 8.19. The van der Waals surface area contributed by atoms with Crippen molar-refractivity contribution in [3.63, 3.8) is 0 Å². The van der Waals surface area contributed by atoms with Crippen molar-refractivity contribution in [2.24, 2.45) is 0 Å². The fourth-order valence-corrected chi connectivity index (χ4v) is 4.79. The molecule has 15 heteroatoms. The molecule has 0 spiro atoms. The number of rotatable bonds is 12. The fourth-order valence-electron chi connectivity index (χ4n) is 4.79. The Morgan fingerprint density at radius 2 is 1.50 bits per heavy atom. The first kappa shape index (κ1) is 36.1. The van der Waals surface area contributed by atoms with E-state index < -0.39 is 94.9 Å². The topological polar surface area (TPSA) is 67.8 Å². The highest BCUT2D eigenvalue weighted by Gasteiger charge is 2.45. The molecule has 0 saturated heterocycles. The standard InChI is InChI=1S/C33H25F10NO4/c1-18(17-45)47-28-14-21(8-10-27(28)36)31(16-19-5-3-2-4-6-19,22-12-23(34)15-24(13-22)48-33(42,43)30(37)38)44-29(46)20-7-9-26(35)25(11-20)32(39,40)41/h2-15,18,30,45H,16-17H2,1H3,(H,44,46)/t18?,31-/m1/s1. The highest BCUT2D eigenvalue weighted by molar-refractivity contribution is 5.95. The van der Waals surface area contributed by atoms with Gasteiger partial charge in [0.2, 0.25) is 0 Å². The lowest BCUT2D eigenvalue weighted by Crippen LogP contribution is -2.49. The molecule has 48 heavy (non-hydrogen) atoms. The minimum absolute atomic E-state index is 0.170. The van der Waals surface area contributed by atoms with E-state index in [2.05, 4.69) is 10.1 Å². The van der Waals surface area contributed by atoms with Crippen LogP contribution < -0.4 is 14.8 Å². The summed E-state index contributed by atoms with van der Waals surface area (Å²) >= 11 is 0. The molecule has 2 atom stereocenters. The van der Waals surface area contributed by atoms with Gasteiger partial charge in [-0.1, -0.05) is 36.4 Å². The van der Waals surface area contributed by atoms with E-state index in [1.165, 1.54) is 19.1 Å². The normalized spacial score (nSPS) is 13.9. The molecule has 0 radical (unpaired) electrons. The number of hydrogen-bond acceptors (Lipinski definition) is 4. The fraction of sp³-hybridized carbons (Fsp3) is 0.242. The number of alkyl halides is 7. The molecule has 0 bridgehead atoms. The van der Waals surface area contributed by atoms with E-state index in [1.807, 2.05) is 0 Å². The zero-order valence-electron chi connectivity index (χ0n) is 24.6. The van der Waals surface area contributed by atoms with Gasteiger partial charge in [-0.25, -0.2) is 13.2 Å². The molecule has 4 aromatic carbocycles. The quantitative estimate of drug-likeness (QED) is 0.148. The lowest BCUT2D eigenvalue weighted by Gasteiger charge is -2.37. The zero-order chi connectivity index (χ0) is 35.4. The molecule has 4 aromatic rings. The average Bonchev–Trinajstić information content (AvgIpc) is 3.01. The van der Waals surface area contributed by atoms with Gasteiger partial charge in [0.05, 0.1) is 17.7 Å². The van der Waals surface area contributed by atoms with Gasteiger partial charge in [0.15, 0.2) is 11.6 Å². The Kier molecular flexibility index (Phi) is 10.6. The number of aliphatic hydroxyl groups excluding tert-OH is 1. The van der Waals surface area contributed by atoms with Crippen LogP contribution in [0.4, 0.5) is 43.9 Å². The van der Waals surface area contributed by atoms with Crippen LogP contribution in [0.25, 0.3) is 0 Å². The second kappa shape index (κ2) is 14.1. The van der Waals surface area contributed by atoms with Gasteiger partial charge in [-0.05, 0) is 66.1 Å². The van der Waals surface area contributed by atoms with Crippen molar-refractivity contribution in [1.29, 1.82) is 0 Å². The first-order valence-electron chi connectivity index (χ1n) is 13.9. The minimum Gasteiger partial charge on any atom is -0.485 e. The summed E-state index contributed by atoms with van der Waals surface area (Å²) in [6.45, 7) is 0.794. The van der Waals surface area contributed by atoms with Crippen molar-refractivity contribution in [2.75, 3.05) is 6.61 Å². The Morgan fingerprint density at radius 3 is 2.12 bits per heavy atom. The highest BCUT2D eigenvalue weighted by Crippen LogP contribution is 2.40. The molecule has 256 valence electrons. The van der Waals surface area contributed by atoms with E-state index in [-0.39, 0.29) is 11.6 Å². The number of ether oxygens (including phenoxy) is 2. The molecular weight excluding hydrogens is 664 g/mol. The lowest BCUT2D eigenvalue weighted by molar-refractivity contribution is -0.253. The van der Waals surface area contributed by atoms with Crippen LogP contribution in [0.1, 0.15) is 39.5 Å². The van der Waals surface area contributed by atoms with Crippen molar-refractivity contribution < 1.29 is 63.3 Å². The Hall–Kier alpha value is -4.79.